The normalized spacial score (nSPS) is 11.8. The maximum Gasteiger partial charge on any atom is 0.137 e. The zero-order valence-electron chi connectivity index (χ0n) is 14.5. The highest BCUT2D eigenvalue weighted by atomic mass is 35.5. The van der Waals surface area contributed by atoms with Crippen molar-refractivity contribution >= 4 is 39.1 Å². The van der Waals surface area contributed by atoms with Gasteiger partial charge in [0, 0.05) is 45.9 Å². The second-order valence-corrected chi connectivity index (χ2v) is 7.07. The molecule has 0 spiro atoms. The van der Waals surface area contributed by atoms with Gasteiger partial charge in [0.25, 0.3) is 0 Å². The van der Waals surface area contributed by atoms with Crippen LogP contribution in [0.1, 0.15) is 18.2 Å². The number of nitrogens with zero attached hydrogens (tertiary/aromatic N) is 3. The van der Waals surface area contributed by atoms with Crippen molar-refractivity contribution in [2.45, 2.75) is 19.9 Å². The Bertz CT molecular complexity index is 1260. The summed E-state index contributed by atoms with van der Waals surface area (Å²) in [6, 6.07) is 18.8. The standard InChI is InChI=1S/C22H18ClN3/c1-2-17-12-24-22-11-19-18-8-3-4-9-20(18)26(21(19)14-25(17)22)13-15-6-5-7-16(23)10-15/h3-12,14H,2,13H2,1H3. The first-order valence-electron chi connectivity index (χ1n) is 8.86. The molecular weight excluding hydrogens is 342 g/mol. The third-order valence-electron chi connectivity index (χ3n) is 5.07. The van der Waals surface area contributed by atoms with Crippen molar-refractivity contribution in [3.05, 3.63) is 83.3 Å². The fourth-order valence-corrected chi connectivity index (χ4v) is 4.02. The molecule has 0 atom stereocenters. The summed E-state index contributed by atoms with van der Waals surface area (Å²) in [5, 5.41) is 3.27. The summed E-state index contributed by atoms with van der Waals surface area (Å²) in [4.78, 5) is 4.59. The maximum atomic E-state index is 6.20. The summed E-state index contributed by atoms with van der Waals surface area (Å²) < 4.78 is 4.57. The SMILES string of the molecule is CCc1cnc2cc3c4ccccc4n(Cc4cccc(Cl)c4)c3cn12. The van der Waals surface area contributed by atoms with E-state index in [1.165, 1.54) is 33.1 Å². The molecule has 0 fully saturated rings. The minimum absolute atomic E-state index is 0.772. The number of para-hydroxylation sites is 1. The summed E-state index contributed by atoms with van der Waals surface area (Å²) in [5.41, 5.74) is 5.86. The van der Waals surface area contributed by atoms with E-state index < -0.39 is 0 Å². The van der Waals surface area contributed by atoms with Crippen LogP contribution in [0.3, 0.4) is 0 Å². The summed E-state index contributed by atoms with van der Waals surface area (Å²) in [6.07, 6.45) is 5.15. The highest BCUT2D eigenvalue weighted by molar-refractivity contribution is 6.30. The smallest absolute Gasteiger partial charge is 0.137 e. The molecule has 3 heterocycles. The third kappa shape index (κ3) is 2.31. The van der Waals surface area contributed by atoms with Gasteiger partial charge < -0.3 is 8.97 Å². The van der Waals surface area contributed by atoms with Gasteiger partial charge >= 0.3 is 0 Å². The highest BCUT2D eigenvalue weighted by Crippen LogP contribution is 2.31. The minimum atomic E-state index is 0.772. The summed E-state index contributed by atoms with van der Waals surface area (Å²) in [6.45, 7) is 2.95. The Hall–Kier alpha value is -2.78. The topological polar surface area (TPSA) is 22.2 Å². The second-order valence-electron chi connectivity index (χ2n) is 6.64. The first kappa shape index (κ1) is 15.5. The number of imidazole rings is 1. The molecule has 0 saturated heterocycles. The van der Waals surface area contributed by atoms with Crippen LogP contribution in [0.5, 0.6) is 0 Å². The van der Waals surface area contributed by atoms with Gasteiger partial charge in [0.05, 0.1) is 5.52 Å². The molecule has 0 bridgehead atoms. The maximum absolute atomic E-state index is 6.20. The van der Waals surface area contributed by atoms with Gasteiger partial charge in [-0.15, -0.1) is 0 Å². The lowest BCUT2D eigenvalue weighted by atomic mass is 10.2. The number of halogens is 1. The molecule has 0 aliphatic heterocycles. The van der Waals surface area contributed by atoms with E-state index in [2.05, 4.69) is 63.5 Å². The molecular formula is C22H18ClN3. The van der Waals surface area contributed by atoms with Crippen molar-refractivity contribution in [2.75, 3.05) is 0 Å². The number of fused-ring (bicyclic) bond motifs is 4. The van der Waals surface area contributed by atoms with Gasteiger partial charge in [0.15, 0.2) is 0 Å². The Kier molecular flexibility index (Phi) is 3.50. The largest absolute Gasteiger partial charge is 0.335 e. The van der Waals surface area contributed by atoms with Crippen molar-refractivity contribution in [3.8, 4) is 0 Å². The monoisotopic (exact) mass is 359 g/mol. The number of aryl methyl sites for hydroxylation is 1. The summed E-state index contributed by atoms with van der Waals surface area (Å²) in [7, 11) is 0. The van der Waals surface area contributed by atoms with Gasteiger partial charge in [-0.05, 0) is 36.2 Å². The fraction of sp³-hybridized carbons (Fsp3) is 0.136. The first-order valence-corrected chi connectivity index (χ1v) is 9.24. The number of aromatic nitrogens is 3. The molecule has 0 radical (unpaired) electrons. The van der Waals surface area contributed by atoms with Crippen molar-refractivity contribution < 1.29 is 0 Å². The Morgan fingerprint density at radius 1 is 0.962 bits per heavy atom. The van der Waals surface area contributed by atoms with Crippen LogP contribution in [0.15, 0.2) is 67.0 Å². The van der Waals surface area contributed by atoms with E-state index in [0.717, 1.165) is 23.6 Å². The van der Waals surface area contributed by atoms with E-state index in [1.54, 1.807) is 0 Å². The van der Waals surface area contributed by atoms with E-state index in [1.807, 2.05) is 24.4 Å². The third-order valence-corrected chi connectivity index (χ3v) is 5.31. The van der Waals surface area contributed by atoms with Gasteiger partial charge in [0.1, 0.15) is 5.65 Å². The summed E-state index contributed by atoms with van der Waals surface area (Å²) >= 11 is 6.20. The van der Waals surface area contributed by atoms with E-state index in [4.69, 9.17) is 11.6 Å². The Balaban J connectivity index is 1.83. The first-order chi connectivity index (χ1) is 12.7. The van der Waals surface area contributed by atoms with Gasteiger partial charge in [-0.25, -0.2) is 4.98 Å². The average Bonchev–Trinajstić information content (AvgIpc) is 3.19. The lowest BCUT2D eigenvalue weighted by molar-refractivity contribution is 0.863. The Morgan fingerprint density at radius 2 is 1.85 bits per heavy atom. The molecule has 3 nitrogen and oxygen atoms in total. The van der Waals surface area contributed by atoms with Crippen LogP contribution < -0.4 is 0 Å². The predicted molar refractivity (Wildman–Crippen MR) is 108 cm³/mol. The molecule has 3 aromatic heterocycles. The molecule has 4 heteroatoms. The Morgan fingerprint density at radius 3 is 2.69 bits per heavy atom. The van der Waals surface area contributed by atoms with Gasteiger partial charge in [-0.1, -0.05) is 48.9 Å². The zero-order chi connectivity index (χ0) is 17.7. The van der Waals surface area contributed by atoms with Crippen LogP contribution in [-0.4, -0.2) is 14.0 Å². The molecule has 5 aromatic rings. The molecule has 2 aromatic carbocycles. The van der Waals surface area contributed by atoms with Crippen molar-refractivity contribution in [1.29, 1.82) is 0 Å². The van der Waals surface area contributed by atoms with Crippen LogP contribution in [0, 0.1) is 0 Å². The van der Waals surface area contributed by atoms with E-state index >= 15 is 0 Å². The lowest BCUT2D eigenvalue weighted by Gasteiger charge is -2.09. The lowest BCUT2D eigenvalue weighted by Crippen LogP contribution is -2.00. The molecule has 0 aliphatic carbocycles. The number of pyridine rings is 1. The zero-order valence-corrected chi connectivity index (χ0v) is 15.2. The predicted octanol–water partition coefficient (Wildman–Crippen LogP) is 5.71. The van der Waals surface area contributed by atoms with Crippen LogP contribution in [0.2, 0.25) is 5.02 Å². The fourth-order valence-electron chi connectivity index (χ4n) is 3.81. The van der Waals surface area contributed by atoms with Crippen LogP contribution in [-0.2, 0) is 13.0 Å². The quantitative estimate of drug-likeness (QED) is 0.404. The number of benzene rings is 2. The molecule has 0 saturated carbocycles. The van der Waals surface area contributed by atoms with Gasteiger partial charge in [-0.2, -0.15) is 0 Å². The second kappa shape index (κ2) is 5.89. The average molecular weight is 360 g/mol. The van der Waals surface area contributed by atoms with Gasteiger partial charge in [0.2, 0.25) is 0 Å². The molecule has 0 unspecified atom stereocenters. The van der Waals surface area contributed by atoms with Crippen LogP contribution in [0.4, 0.5) is 0 Å². The minimum Gasteiger partial charge on any atom is -0.335 e. The van der Waals surface area contributed by atoms with Crippen molar-refractivity contribution in [3.63, 3.8) is 0 Å². The molecule has 0 aliphatic rings. The van der Waals surface area contributed by atoms with E-state index in [0.29, 0.717) is 0 Å². The highest BCUT2D eigenvalue weighted by Gasteiger charge is 2.13. The number of hydrogen-bond acceptors (Lipinski definition) is 1. The Labute approximate surface area is 156 Å². The van der Waals surface area contributed by atoms with E-state index in [9.17, 15) is 0 Å². The number of hydrogen-bond donors (Lipinski definition) is 0. The molecule has 5 rings (SSSR count). The van der Waals surface area contributed by atoms with Gasteiger partial charge in [-0.3, -0.25) is 0 Å². The number of rotatable bonds is 3. The van der Waals surface area contributed by atoms with Crippen molar-refractivity contribution in [1.82, 2.24) is 14.0 Å². The molecule has 0 amide bonds. The molecule has 128 valence electrons. The molecule has 26 heavy (non-hydrogen) atoms. The summed E-state index contributed by atoms with van der Waals surface area (Å²) in [5.74, 6) is 0. The van der Waals surface area contributed by atoms with Crippen LogP contribution in [0.25, 0.3) is 27.5 Å². The van der Waals surface area contributed by atoms with E-state index in [-0.39, 0.29) is 0 Å². The molecule has 0 N–H and O–H groups in total. The van der Waals surface area contributed by atoms with Crippen LogP contribution >= 0.6 is 11.6 Å². The van der Waals surface area contributed by atoms with Crippen molar-refractivity contribution in [2.24, 2.45) is 0 Å².